The molecule has 0 saturated carbocycles. The Labute approximate surface area is 184 Å². The molecule has 1 aromatic heterocycles. The second-order valence-corrected chi connectivity index (χ2v) is 10.2. The van der Waals surface area contributed by atoms with E-state index < -0.39 is 10.0 Å². The molecule has 1 aliphatic rings. The Kier molecular flexibility index (Phi) is 6.83. The van der Waals surface area contributed by atoms with Gasteiger partial charge < -0.3 is 4.98 Å². The number of Topliss-reactive ketones (excluding diaryl/α,β-unsaturated/α-hetero) is 2. The number of ketones is 2. The molecule has 0 radical (unpaired) electrons. The maximum Gasteiger partial charge on any atom is 0.243 e. The average molecular weight is 446 g/mol. The van der Waals surface area contributed by atoms with Crippen molar-refractivity contribution in [3.63, 3.8) is 0 Å². The van der Waals surface area contributed by atoms with Gasteiger partial charge in [-0.1, -0.05) is 13.0 Å². The molecule has 168 valence electrons. The van der Waals surface area contributed by atoms with Crippen molar-refractivity contribution in [1.82, 2.24) is 14.2 Å². The molecule has 0 aliphatic carbocycles. The van der Waals surface area contributed by atoms with Crippen molar-refractivity contribution in [2.24, 2.45) is 0 Å². The standard InChI is InChI=1S/C23H31N3O4S/c1-6-20-22(18(5)27)17(4)24-23(20)21(28)14-25-9-11-26(12-10-25)31(29,30)19-8-7-15(2)16(3)13-19/h7-8,13,24H,6,9-12,14H2,1-5H3. The predicted octanol–water partition coefficient (Wildman–Crippen LogP) is 2.89. The number of aromatic nitrogens is 1. The number of aromatic amines is 1. The van der Waals surface area contributed by atoms with Gasteiger partial charge in [0.1, 0.15) is 0 Å². The van der Waals surface area contributed by atoms with Crippen molar-refractivity contribution in [3.05, 3.63) is 51.8 Å². The first-order chi connectivity index (χ1) is 14.6. The second kappa shape index (κ2) is 9.06. The lowest BCUT2D eigenvalue weighted by Crippen LogP contribution is -2.49. The van der Waals surface area contributed by atoms with Crippen LogP contribution in [0.25, 0.3) is 0 Å². The number of nitrogens with zero attached hydrogens (tertiary/aromatic N) is 2. The SMILES string of the molecule is CCc1c(C(=O)CN2CCN(S(=O)(=O)c3ccc(C)c(C)c3)CC2)[nH]c(C)c1C(C)=O. The molecular weight excluding hydrogens is 414 g/mol. The summed E-state index contributed by atoms with van der Waals surface area (Å²) in [5.74, 6) is -0.118. The lowest BCUT2D eigenvalue weighted by atomic mass is 10.0. The lowest BCUT2D eigenvalue weighted by Gasteiger charge is -2.33. The van der Waals surface area contributed by atoms with E-state index in [1.165, 1.54) is 11.2 Å². The fourth-order valence-electron chi connectivity index (χ4n) is 4.18. The zero-order valence-corrected chi connectivity index (χ0v) is 19.7. The number of rotatable bonds is 7. The van der Waals surface area contributed by atoms with E-state index in [1.54, 1.807) is 12.1 Å². The second-order valence-electron chi connectivity index (χ2n) is 8.24. The monoisotopic (exact) mass is 445 g/mol. The Balaban J connectivity index is 1.68. The van der Waals surface area contributed by atoms with Crippen LogP contribution in [0.5, 0.6) is 0 Å². The van der Waals surface area contributed by atoms with Gasteiger partial charge in [-0.15, -0.1) is 0 Å². The van der Waals surface area contributed by atoms with Gasteiger partial charge in [0, 0.05) is 37.4 Å². The molecule has 1 fully saturated rings. The van der Waals surface area contributed by atoms with Crippen molar-refractivity contribution in [3.8, 4) is 0 Å². The summed E-state index contributed by atoms with van der Waals surface area (Å²) in [7, 11) is -3.55. The third-order valence-electron chi connectivity index (χ3n) is 6.09. The van der Waals surface area contributed by atoms with Gasteiger partial charge in [0.15, 0.2) is 11.6 Å². The highest BCUT2D eigenvalue weighted by atomic mass is 32.2. The number of aryl methyl sites for hydroxylation is 3. The zero-order chi connectivity index (χ0) is 22.9. The summed E-state index contributed by atoms with van der Waals surface area (Å²) in [6, 6.07) is 5.20. The highest BCUT2D eigenvalue weighted by Gasteiger charge is 2.30. The smallest absolute Gasteiger partial charge is 0.243 e. The number of benzene rings is 1. The Bertz CT molecular complexity index is 1110. The minimum absolute atomic E-state index is 0.0465. The van der Waals surface area contributed by atoms with E-state index in [2.05, 4.69) is 4.98 Å². The molecular formula is C23H31N3O4S. The average Bonchev–Trinajstić information content (AvgIpc) is 3.07. The summed E-state index contributed by atoms with van der Waals surface area (Å²) >= 11 is 0. The lowest BCUT2D eigenvalue weighted by molar-refractivity contribution is 0.0896. The van der Waals surface area contributed by atoms with Crippen LogP contribution in [0.1, 0.15) is 57.1 Å². The highest BCUT2D eigenvalue weighted by molar-refractivity contribution is 7.89. The van der Waals surface area contributed by atoms with E-state index in [-0.39, 0.29) is 18.1 Å². The molecule has 3 rings (SSSR count). The summed E-state index contributed by atoms with van der Waals surface area (Å²) in [5.41, 5.74) is 4.60. The molecule has 1 N–H and O–H groups in total. The summed E-state index contributed by atoms with van der Waals surface area (Å²) in [6.07, 6.45) is 0.600. The molecule has 1 saturated heterocycles. The molecule has 0 amide bonds. The Morgan fingerprint density at radius 1 is 1.03 bits per heavy atom. The predicted molar refractivity (Wildman–Crippen MR) is 120 cm³/mol. The number of nitrogens with one attached hydrogen (secondary N) is 1. The van der Waals surface area contributed by atoms with Crippen molar-refractivity contribution in [2.75, 3.05) is 32.7 Å². The Morgan fingerprint density at radius 3 is 2.23 bits per heavy atom. The van der Waals surface area contributed by atoms with Gasteiger partial charge >= 0.3 is 0 Å². The Morgan fingerprint density at radius 2 is 1.68 bits per heavy atom. The summed E-state index contributed by atoms with van der Waals surface area (Å²) in [5, 5.41) is 0. The molecule has 0 spiro atoms. The number of H-pyrrole nitrogens is 1. The Hall–Kier alpha value is -2.29. The third-order valence-corrected chi connectivity index (χ3v) is 7.98. The van der Waals surface area contributed by atoms with E-state index in [0.717, 1.165) is 22.4 Å². The van der Waals surface area contributed by atoms with Crippen LogP contribution in [0.3, 0.4) is 0 Å². The maximum atomic E-state index is 13.0. The van der Waals surface area contributed by atoms with E-state index in [1.807, 2.05) is 38.7 Å². The molecule has 2 aromatic rings. The molecule has 8 heteroatoms. The molecule has 0 atom stereocenters. The van der Waals surface area contributed by atoms with Crippen molar-refractivity contribution < 1.29 is 18.0 Å². The molecule has 1 aromatic carbocycles. The van der Waals surface area contributed by atoms with Crippen LogP contribution in [0, 0.1) is 20.8 Å². The molecule has 7 nitrogen and oxygen atoms in total. The summed E-state index contributed by atoms with van der Waals surface area (Å²) in [6.45, 7) is 11.0. The number of hydrogen-bond donors (Lipinski definition) is 1. The molecule has 0 bridgehead atoms. The maximum absolute atomic E-state index is 13.0. The van der Waals surface area contributed by atoms with Gasteiger partial charge in [-0.25, -0.2) is 8.42 Å². The van der Waals surface area contributed by atoms with Gasteiger partial charge in [0.25, 0.3) is 0 Å². The minimum atomic E-state index is -3.55. The van der Waals surface area contributed by atoms with E-state index in [9.17, 15) is 18.0 Å². The van der Waals surface area contributed by atoms with Crippen LogP contribution in [0.4, 0.5) is 0 Å². The normalized spacial score (nSPS) is 15.9. The molecule has 1 aliphatic heterocycles. The van der Waals surface area contributed by atoms with E-state index >= 15 is 0 Å². The van der Waals surface area contributed by atoms with Gasteiger partial charge in [-0.3, -0.25) is 14.5 Å². The summed E-state index contributed by atoms with van der Waals surface area (Å²) in [4.78, 5) is 30.3. The number of carbonyl (C=O) groups is 2. The van der Waals surface area contributed by atoms with Crippen LogP contribution in [-0.2, 0) is 16.4 Å². The number of hydrogen-bond acceptors (Lipinski definition) is 5. The van der Waals surface area contributed by atoms with Crippen LogP contribution < -0.4 is 0 Å². The first-order valence-corrected chi connectivity index (χ1v) is 12.1. The van der Waals surface area contributed by atoms with Gasteiger partial charge in [-0.05, 0) is 62.9 Å². The number of piperazine rings is 1. The first-order valence-electron chi connectivity index (χ1n) is 10.6. The third kappa shape index (κ3) is 4.66. The summed E-state index contributed by atoms with van der Waals surface area (Å²) < 4.78 is 27.5. The highest BCUT2D eigenvalue weighted by Crippen LogP contribution is 2.23. The topological polar surface area (TPSA) is 90.6 Å². The van der Waals surface area contributed by atoms with E-state index in [4.69, 9.17) is 0 Å². The molecule has 0 unspecified atom stereocenters. The first kappa shape index (κ1) is 23.4. The number of sulfonamides is 1. The fraction of sp³-hybridized carbons (Fsp3) is 0.478. The van der Waals surface area contributed by atoms with Crippen molar-refractivity contribution in [1.29, 1.82) is 0 Å². The molecule has 2 heterocycles. The van der Waals surface area contributed by atoms with Crippen LogP contribution in [0.15, 0.2) is 23.1 Å². The van der Waals surface area contributed by atoms with Crippen LogP contribution >= 0.6 is 0 Å². The fourth-order valence-corrected chi connectivity index (χ4v) is 5.69. The number of carbonyl (C=O) groups excluding carboxylic acids is 2. The van der Waals surface area contributed by atoms with Gasteiger partial charge in [-0.2, -0.15) is 4.31 Å². The van der Waals surface area contributed by atoms with E-state index in [0.29, 0.717) is 48.8 Å². The van der Waals surface area contributed by atoms with Gasteiger partial charge in [0.05, 0.1) is 17.1 Å². The zero-order valence-electron chi connectivity index (χ0n) is 18.9. The largest absolute Gasteiger partial charge is 0.355 e. The van der Waals surface area contributed by atoms with Crippen molar-refractivity contribution in [2.45, 2.75) is 45.9 Å². The quantitative estimate of drug-likeness (QED) is 0.662. The molecule has 31 heavy (non-hydrogen) atoms. The minimum Gasteiger partial charge on any atom is -0.355 e. The van der Waals surface area contributed by atoms with Crippen molar-refractivity contribution >= 4 is 21.6 Å². The van der Waals surface area contributed by atoms with Gasteiger partial charge in [0.2, 0.25) is 10.0 Å². The van der Waals surface area contributed by atoms with Crippen LogP contribution in [-0.4, -0.2) is 66.9 Å². The van der Waals surface area contributed by atoms with Crippen LogP contribution in [0.2, 0.25) is 0 Å².